The van der Waals surface area contributed by atoms with Crippen LogP contribution in [-0.4, -0.2) is 17.6 Å². The van der Waals surface area contributed by atoms with Gasteiger partial charge in [0.2, 0.25) is 0 Å². The molecule has 0 heterocycles. The third-order valence-corrected chi connectivity index (χ3v) is 0.305. The molecule has 34 valence electrons. The smallest absolute Gasteiger partial charge is 0.0488 e. The lowest BCUT2D eigenvalue weighted by Crippen LogP contribution is -1.71. The maximum Gasteiger partial charge on any atom is 0.0488 e. The zero-order valence-corrected chi connectivity index (χ0v) is 3.26. The van der Waals surface area contributed by atoms with Crippen molar-refractivity contribution in [1.82, 2.24) is 0 Å². The first-order valence-corrected chi connectivity index (χ1v) is 1.56. The Labute approximate surface area is 35.8 Å². The lowest BCUT2D eigenvalue weighted by molar-refractivity contribution is 0.321. The highest BCUT2D eigenvalue weighted by Crippen LogP contribution is 1.58. The zero-order valence-electron chi connectivity index (χ0n) is 3.26. The average molecular weight is 86.1 g/mol. The van der Waals surface area contributed by atoms with Crippen molar-refractivity contribution in [3.63, 3.8) is 0 Å². The van der Waals surface area contributed by atoms with Gasteiger partial charge in [-0.05, 0) is 0 Å². The van der Waals surface area contributed by atoms with Gasteiger partial charge in [-0.2, -0.15) is 0 Å². The summed E-state index contributed by atoms with van der Waals surface area (Å²) in [5.41, 5.74) is 0. The van der Waals surface area contributed by atoms with Crippen molar-refractivity contribution < 1.29 is 5.21 Å². The third kappa shape index (κ3) is 3.14. The van der Waals surface area contributed by atoms with Crippen molar-refractivity contribution in [3.05, 3.63) is 0 Å². The van der Waals surface area contributed by atoms with Crippen LogP contribution in [0.3, 0.4) is 0 Å². The van der Waals surface area contributed by atoms with Crippen LogP contribution in [0.1, 0.15) is 6.42 Å². The highest BCUT2D eigenvalue weighted by atomic mass is 16.4. The Morgan fingerprint density at radius 1 is 1.83 bits per heavy atom. The molecule has 0 aromatic carbocycles. The van der Waals surface area contributed by atoms with Crippen LogP contribution in [-0.2, 0) is 0 Å². The third-order valence-electron chi connectivity index (χ3n) is 0.305. The molecule has 0 aliphatic rings. The van der Waals surface area contributed by atoms with E-state index in [4.69, 9.17) is 10.6 Å². The van der Waals surface area contributed by atoms with Crippen LogP contribution in [0.25, 0.3) is 0 Å². The van der Waals surface area contributed by atoms with Gasteiger partial charge >= 0.3 is 0 Å². The number of hydrogen-bond acceptors (Lipinski definition) is 3. The molecule has 0 aliphatic heterocycles. The molecule has 6 heavy (non-hydrogen) atoms. The molecule has 0 amide bonds. The second-order valence-corrected chi connectivity index (χ2v) is 0.738. The molecule has 0 bridgehead atoms. The fraction of sp³-hybridized carbons (Fsp3) is 0.333. The molecule has 0 radical (unpaired) electrons. The van der Waals surface area contributed by atoms with Gasteiger partial charge in [0.15, 0.2) is 0 Å². The molecule has 3 nitrogen and oxygen atoms in total. The number of rotatable bonds is 2. The molecule has 3 heteroatoms. The summed E-state index contributed by atoms with van der Waals surface area (Å²) >= 11 is 0. The molecular formula is C3H6N2O. The van der Waals surface area contributed by atoms with Gasteiger partial charge in [-0.1, -0.05) is 0 Å². The largest absolute Gasteiger partial charge is 0.411 e. The van der Waals surface area contributed by atoms with Crippen LogP contribution < -0.4 is 0 Å². The van der Waals surface area contributed by atoms with Gasteiger partial charge in [0, 0.05) is 18.9 Å². The van der Waals surface area contributed by atoms with E-state index in [2.05, 4.69) is 5.16 Å². The Morgan fingerprint density at radius 2 is 2.50 bits per heavy atom. The van der Waals surface area contributed by atoms with Crippen molar-refractivity contribution in [2.45, 2.75) is 6.42 Å². The predicted octanol–water partition coefficient (Wildman–Crippen LogP) is 0.486. The molecule has 0 aromatic rings. The molecule has 0 rings (SSSR count). The van der Waals surface area contributed by atoms with Gasteiger partial charge in [0.25, 0.3) is 0 Å². The lowest BCUT2D eigenvalue weighted by atomic mass is 10.5. The number of nitrogens with zero attached hydrogens (tertiary/aromatic N) is 1. The van der Waals surface area contributed by atoms with Gasteiger partial charge in [-0.25, -0.2) is 0 Å². The molecule has 0 fully saturated rings. The first kappa shape index (κ1) is 5.14. The van der Waals surface area contributed by atoms with Crippen molar-refractivity contribution >= 4 is 12.4 Å². The summed E-state index contributed by atoms with van der Waals surface area (Å²) in [7, 11) is 0. The summed E-state index contributed by atoms with van der Waals surface area (Å²) in [4.78, 5) is 0. The SMILES string of the molecule is N=CC/C=N/O. The van der Waals surface area contributed by atoms with Crippen LogP contribution in [0.5, 0.6) is 0 Å². The highest BCUT2D eigenvalue weighted by Gasteiger charge is 1.62. The number of hydrogen-bond donors (Lipinski definition) is 2. The van der Waals surface area contributed by atoms with Gasteiger partial charge in [0.05, 0.1) is 0 Å². The standard InChI is InChI=1S/C3H6N2O/c4-2-1-3-5-6/h2-4,6H,1H2/b4-2?,5-3+. The Balaban J connectivity index is 2.85. The normalized spacial score (nSPS) is 9.33. The van der Waals surface area contributed by atoms with E-state index in [1.165, 1.54) is 6.21 Å². The Morgan fingerprint density at radius 3 is 2.67 bits per heavy atom. The molecule has 0 unspecified atom stereocenters. The molecule has 0 aromatic heterocycles. The van der Waals surface area contributed by atoms with E-state index in [0.717, 1.165) is 6.21 Å². The second kappa shape index (κ2) is 4.14. The first-order valence-electron chi connectivity index (χ1n) is 1.56. The van der Waals surface area contributed by atoms with E-state index in [1.54, 1.807) is 0 Å². The van der Waals surface area contributed by atoms with E-state index in [0.29, 0.717) is 6.42 Å². The molecule has 0 spiro atoms. The van der Waals surface area contributed by atoms with Gasteiger partial charge in [-0.3, -0.25) is 0 Å². The summed E-state index contributed by atoms with van der Waals surface area (Å²) in [5, 5.41) is 16.7. The molecule has 0 saturated carbocycles. The van der Waals surface area contributed by atoms with Gasteiger partial charge in [-0.15, -0.1) is 5.16 Å². The first-order chi connectivity index (χ1) is 2.91. The van der Waals surface area contributed by atoms with Gasteiger partial charge in [0.1, 0.15) is 0 Å². The van der Waals surface area contributed by atoms with Crippen molar-refractivity contribution in [3.8, 4) is 0 Å². The predicted molar refractivity (Wildman–Crippen MR) is 23.7 cm³/mol. The lowest BCUT2D eigenvalue weighted by Gasteiger charge is -1.67. The summed E-state index contributed by atoms with van der Waals surface area (Å²) in [6.07, 6.45) is 2.81. The topological polar surface area (TPSA) is 56.4 Å². The van der Waals surface area contributed by atoms with Crippen LogP contribution in [0.4, 0.5) is 0 Å². The van der Waals surface area contributed by atoms with Gasteiger partial charge < -0.3 is 10.6 Å². The monoisotopic (exact) mass is 86.0 g/mol. The second-order valence-electron chi connectivity index (χ2n) is 0.738. The molecule has 0 atom stereocenters. The van der Waals surface area contributed by atoms with E-state index < -0.39 is 0 Å². The zero-order chi connectivity index (χ0) is 4.83. The van der Waals surface area contributed by atoms with Crippen LogP contribution in [0.2, 0.25) is 0 Å². The number of nitrogens with one attached hydrogen (secondary N) is 1. The van der Waals surface area contributed by atoms with E-state index in [-0.39, 0.29) is 0 Å². The fourth-order valence-electron chi connectivity index (χ4n) is 0.0998. The summed E-state index contributed by atoms with van der Waals surface area (Å²) in [6, 6.07) is 0. The summed E-state index contributed by atoms with van der Waals surface area (Å²) in [5.74, 6) is 0. The minimum absolute atomic E-state index is 0.413. The van der Waals surface area contributed by atoms with Crippen LogP contribution >= 0.6 is 0 Å². The molecular weight excluding hydrogens is 80.0 g/mol. The van der Waals surface area contributed by atoms with Crippen LogP contribution in [0, 0.1) is 5.41 Å². The molecule has 0 saturated heterocycles. The Bertz CT molecular complexity index is 59.8. The molecule has 2 N–H and O–H groups in total. The van der Waals surface area contributed by atoms with E-state index in [1.807, 2.05) is 0 Å². The maximum atomic E-state index is 7.66. The highest BCUT2D eigenvalue weighted by molar-refractivity contribution is 5.76. The maximum absolute atomic E-state index is 7.66. The summed E-state index contributed by atoms with van der Waals surface area (Å²) < 4.78 is 0. The number of oxime groups is 1. The van der Waals surface area contributed by atoms with E-state index >= 15 is 0 Å². The minimum Gasteiger partial charge on any atom is -0.411 e. The Hall–Kier alpha value is -0.860. The average Bonchev–Trinajstić information content (AvgIpc) is 1.61. The van der Waals surface area contributed by atoms with Crippen LogP contribution in [0.15, 0.2) is 5.16 Å². The van der Waals surface area contributed by atoms with Crippen molar-refractivity contribution in [2.24, 2.45) is 5.16 Å². The van der Waals surface area contributed by atoms with Crippen molar-refractivity contribution in [1.29, 1.82) is 5.41 Å². The minimum atomic E-state index is 0.413. The Kier molecular flexibility index (Phi) is 3.55. The fourth-order valence-corrected chi connectivity index (χ4v) is 0.0998. The quantitative estimate of drug-likeness (QED) is 0.287. The van der Waals surface area contributed by atoms with E-state index in [9.17, 15) is 0 Å². The molecule has 0 aliphatic carbocycles. The summed E-state index contributed by atoms with van der Waals surface area (Å²) in [6.45, 7) is 0. The van der Waals surface area contributed by atoms with Crippen molar-refractivity contribution in [2.75, 3.05) is 0 Å².